The number of anilines is 2. The third kappa shape index (κ3) is 4.75. The average Bonchev–Trinajstić information content (AvgIpc) is 3.51. The first-order valence-electron chi connectivity index (χ1n) is 13.2. The van der Waals surface area contributed by atoms with E-state index in [1.165, 1.54) is 23.3 Å². The predicted octanol–water partition coefficient (Wildman–Crippen LogP) is 6.76. The Hall–Kier alpha value is -4.43. The number of aromatic nitrogens is 1. The number of aliphatic hydroxyl groups is 1. The van der Waals surface area contributed by atoms with Gasteiger partial charge in [0.1, 0.15) is 10.8 Å². The second-order valence-electron chi connectivity index (χ2n) is 9.40. The number of carbonyl (C=O) groups excluding carboxylic acids is 2. The molecule has 0 radical (unpaired) electrons. The Bertz CT molecular complexity index is 1570. The summed E-state index contributed by atoms with van der Waals surface area (Å²) in [6.45, 7) is 7.66. The van der Waals surface area contributed by atoms with E-state index in [0.29, 0.717) is 32.6 Å². The van der Waals surface area contributed by atoms with Crippen molar-refractivity contribution in [2.75, 3.05) is 30.0 Å². The van der Waals surface area contributed by atoms with Gasteiger partial charge in [0, 0.05) is 24.3 Å². The maximum Gasteiger partial charge on any atom is 0.294 e. The number of aliphatic hydroxyl groups excluding tert-OH is 1. The molecule has 0 aliphatic carbocycles. The van der Waals surface area contributed by atoms with Gasteiger partial charge < -0.3 is 14.7 Å². The fourth-order valence-electron chi connectivity index (χ4n) is 5.12. The number of hydrogen-bond donors (Lipinski definition) is 1. The molecule has 1 N–H and O–H groups in total. The molecule has 1 unspecified atom stereocenters. The fraction of sp³-hybridized carbons (Fsp3) is 0.219. The smallest absolute Gasteiger partial charge is 0.294 e. The van der Waals surface area contributed by atoms with E-state index in [2.05, 4.69) is 23.7 Å². The first-order valence-corrected chi connectivity index (χ1v) is 14.0. The summed E-state index contributed by atoms with van der Waals surface area (Å²) in [5, 5.41) is 12.0. The lowest BCUT2D eigenvalue weighted by Gasteiger charge is -2.29. The molecular formula is C32H31N3O4S. The molecular weight excluding hydrogens is 522 g/mol. The Morgan fingerprint density at radius 3 is 2.30 bits per heavy atom. The maximum atomic E-state index is 14.2. The van der Waals surface area contributed by atoms with Crippen LogP contribution in [0, 0.1) is 6.92 Å². The molecule has 1 aliphatic rings. The molecule has 2 heterocycles. The first-order chi connectivity index (χ1) is 19.4. The molecule has 204 valence electrons. The van der Waals surface area contributed by atoms with Gasteiger partial charge in [-0.05, 0) is 50.6 Å². The van der Waals surface area contributed by atoms with Crippen LogP contribution in [-0.4, -0.2) is 42.0 Å². The van der Waals surface area contributed by atoms with Gasteiger partial charge in [-0.15, -0.1) is 11.3 Å². The summed E-state index contributed by atoms with van der Waals surface area (Å²) in [5.74, 6) is -1.18. The number of thiazole rings is 1. The van der Waals surface area contributed by atoms with E-state index in [9.17, 15) is 14.7 Å². The molecule has 3 aromatic carbocycles. The van der Waals surface area contributed by atoms with E-state index in [1.54, 1.807) is 25.1 Å². The first kappa shape index (κ1) is 27.1. The molecule has 0 saturated carbocycles. The topological polar surface area (TPSA) is 83.0 Å². The molecule has 0 bridgehead atoms. The van der Waals surface area contributed by atoms with Crippen LogP contribution in [0.4, 0.5) is 11.4 Å². The predicted molar refractivity (Wildman–Crippen MR) is 159 cm³/mol. The molecule has 1 amide bonds. The van der Waals surface area contributed by atoms with Crippen molar-refractivity contribution in [2.24, 2.45) is 0 Å². The maximum absolute atomic E-state index is 14.2. The average molecular weight is 554 g/mol. The van der Waals surface area contributed by atoms with Crippen molar-refractivity contribution < 1.29 is 19.4 Å². The number of methoxy groups -OCH3 is 1. The SMILES string of the molecule is CCN(CC)c1ccc(C2C(C(=O)c3sc(-c4ccccc4)nc3C)=C(O)C(=O)N2c2ccccc2OC)cc1. The van der Waals surface area contributed by atoms with Crippen molar-refractivity contribution in [1.82, 2.24) is 4.98 Å². The zero-order valence-corrected chi connectivity index (χ0v) is 23.7. The summed E-state index contributed by atoms with van der Waals surface area (Å²) in [6, 6.07) is 23.7. The summed E-state index contributed by atoms with van der Waals surface area (Å²) in [4.78, 5) is 36.5. The molecule has 0 saturated heterocycles. The van der Waals surface area contributed by atoms with Gasteiger partial charge in [-0.1, -0.05) is 54.6 Å². The van der Waals surface area contributed by atoms with Crippen molar-refractivity contribution in [3.05, 3.63) is 106 Å². The number of Topliss-reactive ketones (excluding diaryl/α,β-unsaturated/α-hetero) is 1. The Labute approximate surface area is 238 Å². The summed E-state index contributed by atoms with van der Waals surface area (Å²) in [7, 11) is 1.53. The zero-order chi connectivity index (χ0) is 28.4. The van der Waals surface area contributed by atoms with E-state index in [4.69, 9.17) is 4.74 Å². The van der Waals surface area contributed by atoms with Gasteiger partial charge >= 0.3 is 0 Å². The van der Waals surface area contributed by atoms with Crippen LogP contribution in [0.5, 0.6) is 5.75 Å². The second-order valence-corrected chi connectivity index (χ2v) is 10.4. The van der Waals surface area contributed by atoms with Gasteiger partial charge in [-0.3, -0.25) is 14.5 Å². The van der Waals surface area contributed by atoms with Crippen LogP contribution in [0.2, 0.25) is 0 Å². The summed E-state index contributed by atoms with van der Waals surface area (Å²) < 4.78 is 5.56. The Morgan fingerprint density at radius 2 is 1.65 bits per heavy atom. The molecule has 1 aliphatic heterocycles. The molecule has 8 heteroatoms. The molecule has 1 atom stereocenters. The zero-order valence-electron chi connectivity index (χ0n) is 22.9. The molecule has 5 rings (SSSR count). The van der Waals surface area contributed by atoms with Crippen LogP contribution in [-0.2, 0) is 4.79 Å². The number of para-hydroxylation sites is 2. The standard InChI is InChI=1S/C32H31N3O4S/c1-5-34(6-2)23-18-16-21(17-19-23)27-26(29(37)32(38)35(27)24-14-10-11-15-25(24)39-4)28(36)30-20(3)33-31(40-30)22-12-8-7-9-13-22/h7-19,27,37H,5-6H2,1-4H3. The normalized spacial score (nSPS) is 15.1. The quantitative estimate of drug-likeness (QED) is 0.231. The summed E-state index contributed by atoms with van der Waals surface area (Å²) in [6.07, 6.45) is 0. The molecule has 4 aromatic rings. The number of hydrogen-bond acceptors (Lipinski definition) is 7. The number of ketones is 1. The third-order valence-electron chi connectivity index (χ3n) is 7.16. The molecule has 7 nitrogen and oxygen atoms in total. The van der Waals surface area contributed by atoms with E-state index < -0.39 is 23.5 Å². The number of amides is 1. The second kappa shape index (κ2) is 11.4. The number of carbonyl (C=O) groups is 2. The van der Waals surface area contributed by atoms with Crippen molar-refractivity contribution in [3.63, 3.8) is 0 Å². The highest BCUT2D eigenvalue weighted by atomic mass is 32.1. The highest BCUT2D eigenvalue weighted by Crippen LogP contribution is 2.46. The van der Waals surface area contributed by atoms with Crippen LogP contribution < -0.4 is 14.5 Å². The monoisotopic (exact) mass is 553 g/mol. The lowest BCUT2D eigenvalue weighted by Crippen LogP contribution is -2.31. The van der Waals surface area contributed by atoms with Crippen molar-refractivity contribution in [3.8, 4) is 16.3 Å². The highest BCUT2D eigenvalue weighted by molar-refractivity contribution is 7.17. The van der Waals surface area contributed by atoms with Crippen LogP contribution in [0.25, 0.3) is 10.6 Å². The summed E-state index contributed by atoms with van der Waals surface area (Å²) in [5.41, 5.74) is 3.68. The lowest BCUT2D eigenvalue weighted by atomic mass is 9.94. The van der Waals surface area contributed by atoms with Crippen LogP contribution >= 0.6 is 11.3 Å². The van der Waals surface area contributed by atoms with Crippen molar-refractivity contribution in [2.45, 2.75) is 26.8 Å². The number of benzene rings is 3. The lowest BCUT2D eigenvalue weighted by molar-refractivity contribution is -0.117. The van der Waals surface area contributed by atoms with E-state index in [0.717, 1.165) is 24.3 Å². The number of nitrogens with zero attached hydrogens (tertiary/aromatic N) is 3. The van der Waals surface area contributed by atoms with Crippen molar-refractivity contribution in [1.29, 1.82) is 0 Å². The van der Waals surface area contributed by atoms with E-state index >= 15 is 0 Å². The van der Waals surface area contributed by atoms with Gasteiger partial charge in [0.25, 0.3) is 5.91 Å². The molecule has 0 fully saturated rings. The van der Waals surface area contributed by atoms with Crippen LogP contribution in [0.15, 0.2) is 90.2 Å². The minimum atomic E-state index is -0.858. The van der Waals surface area contributed by atoms with E-state index in [1.807, 2.05) is 60.7 Å². The minimum Gasteiger partial charge on any atom is -0.503 e. The Kier molecular flexibility index (Phi) is 7.71. The number of rotatable bonds is 9. The van der Waals surface area contributed by atoms with Gasteiger partial charge in [0.05, 0.1) is 35.0 Å². The molecule has 0 spiro atoms. The van der Waals surface area contributed by atoms with Gasteiger partial charge in [0.2, 0.25) is 5.78 Å². The summed E-state index contributed by atoms with van der Waals surface area (Å²) >= 11 is 1.26. The molecule has 40 heavy (non-hydrogen) atoms. The molecule has 1 aromatic heterocycles. The van der Waals surface area contributed by atoms with Crippen LogP contribution in [0.1, 0.15) is 40.8 Å². The Balaban J connectivity index is 1.64. The number of ether oxygens (including phenoxy) is 1. The Morgan fingerprint density at radius 1 is 1.00 bits per heavy atom. The third-order valence-corrected chi connectivity index (χ3v) is 8.36. The van der Waals surface area contributed by atoms with Gasteiger partial charge in [0.15, 0.2) is 5.76 Å². The van der Waals surface area contributed by atoms with E-state index in [-0.39, 0.29) is 5.57 Å². The van der Waals surface area contributed by atoms with Crippen LogP contribution in [0.3, 0.4) is 0 Å². The van der Waals surface area contributed by atoms with Gasteiger partial charge in [-0.2, -0.15) is 0 Å². The minimum absolute atomic E-state index is 0.0258. The highest BCUT2D eigenvalue weighted by Gasteiger charge is 2.46. The number of aryl methyl sites for hydroxylation is 1. The van der Waals surface area contributed by atoms with Gasteiger partial charge in [-0.25, -0.2) is 4.98 Å². The largest absolute Gasteiger partial charge is 0.503 e. The fourth-order valence-corrected chi connectivity index (χ4v) is 6.15. The van der Waals surface area contributed by atoms with Crippen molar-refractivity contribution >= 4 is 34.4 Å².